The molecule has 5 nitrogen and oxygen atoms in total. The molecular weight excluding hydrogens is 410 g/mol. The molecule has 2 aromatic heterocycles. The predicted molar refractivity (Wildman–Crippen MR) is 108 cm³/mol. The van der Waals surface area contributed by atoms with Crippen LogP contribution in [0.5, 0.6) is 0 Å². The van der Waals surface area contributed by atoms with Crippen molar-refractivity contribution in [3.63, 3.8) is 0 Å². The van der Waals surface area contributed by atoms with E-state index in [4.69, 9.17) is 11.6 Å². The van der Waals surface area contributed by atoms with E-state index in [1.165, 1.54) is 11.3 Å². The quantitative estimate of drug-likeness (QED) is 0.474. The molecule has 2 amide bonds. The van der Waals surface area contributed by atoms with Crippen LogP contribution in [0.2, 0.25) is 5.02 Å². The number of hydrogen-bond acceptors (Lipinski definition) is 6. The van der Waals surface area contributed by atoms with E-state index >= 15 is 0 Å². The molecule has 0 aliphatic heterocycles. The Labute approximate surface area is 167 Å². The number of carbonyl (C=O) groups is 2. The van der Waals surface area contributed by atoms with Gasteiger partial charge in [-0.1, -0.05) is 11.6 Å². The Kier molecular flexibility index (Phi) is 5.98. The first kappa shape index (κ1) is 18.9. The zero-order valence-corrected chi connectivity index (χ0v) is 17.0. The van der Waals surface area contributed by atoms with Crippen molar-refractivity contribution in [1.29, 1.82) is 0 Å². The van der Waals surface area contributed by atoms with Crippen LogP contribution in [0.4, 0.5) is 0 Å². The summed E-state index contributed by atoms with van der Waals surface area (Å²) in [6.45, 7) is 1.94. The highest BCUT2D eigenvalue weighted by atomic mass is 35.5. The van der Waals surface area contributed by atoms with Gasteiger partial charge in [0.1, 0.15) is 5.01 Å². The maximum absolute atomic E-state index is 12.4. The van der Waals surface area contributed by atoms with Gasteiger partial charge in [0.25, 0.3) is 11.8 Å². The third-order valence-electron chi connectivity index (χ3n) is 3.35. The molecule has 0 atom stereocenters. The third-order valence-corrected chi connectivity index (χ3v) is 6.87. The number of halogens is 1. The molecule has 2 N–H and O–H groups in total. The SMILES string of the molecule is CSc1sc(C(=O)NNC(=O)c2ccc(Cl)cc2)cc1-c1nc(C)cs1. The average Bonchev–Trinajstić information content (AvgIpc) is 3.25. The molecule has 0 aliphatic carbocycles. The molecule has 0 spiro atoms. The van der Waals surface area contributed by atoms with Crippen LogP contribution in [0.25, 0.3) is 10.6 Å². The van der Waals surface area contributed by atoms with Crippen molar-refractivity contribution < 1.29 is 9.59 Å². The van der Waals surface area contributed by atoms with E-state index in [9.17, 15) is 9.59 Å². The van der Waals surface area contributed by atoms with Gasteiger partial charge in [-0.05, 0) is 43.5 Å². The Hall–Kier alpha value is -1.87. The van der Waals surface area contributed by atoms with Crippen molar-refractivity contribution in [2.24, 2.45) is 0 Å². The van der Waals surface area contributed by atoms with E-state index in [1.54, 1.807) is 53.4 Å². The van der Waals surface area contributed by atoms with Crippen molar-refractivity contribution in [2.45, 2.75) is 11.1 Å². The van der Waals surface area contributed by atoms with Crippen LogP contribution in [0.1, 0.15) is 25.7 Å². The van der Waals surface area contributed by atoms with E-state index in [1.807, 2.05) is 18.6 Å². The average molecular weight is 424 g/mol. The number of hydrogen-bond donors (Lipinski definition) is 2. The van der Waals surface area contributed by atoms with Crippen molar-refractivity contribution in [2.75, 3.05) is 6.26 Å². The van der Waals surface area contributed by atoms with Crippen LogP contribution in [0.3, 0.4) is 0 Å². The molecule has 0 saturated heterocycles. The van der Waals surface area contributed by atoms with E-state index < -0.39 is 5.91 Å². The van der Waals surface area contributed by atoms with Crippen molar-refractivity contribution in [3.05, 3.63) is 56.9 Å². The molecule has 1 aromatic carbocycles. The number of nitrogens with zero attached hydrogens (tertiary/aromatic N) is 1. The lowest BCUT2D eigenvalue weighted by Gasteiger charge is -2.06. The minimum Gasteiger partial charge on any atom is -0.267 e. The number of carbonyl (C=O) groups excluding carboxylic acids is 2. The monoisotopic (exact) mass is 423 g/mol. The van der Waals surface area contributed by atoms with Gasteiger partial charge >= 0.3 is 0 Å². The Morgan fingerprint density at radius 3 is 2.46 bits per heavy atom. The van der Waals surface area contributed by atoms with Gasteiger partial charge in [-0.15, -0.1) is 34.4 Å². The second kappa shape index (κ2) is 8.22. The second-order valence-corrected chi connectivity index (χ2v) is 8.65. The maximum atomic E-state index is 12.4. The molecule has 134 valence electrons. The van der Waals surface area contributed by atoms with Gasteiger partial charge in [0, 0.05) is 27.2 Å². The Morgan fingerprint density at radius 2 is 1.85 bits per heavy atom. The van der Waals surface area contributed by atoms with Gasteiger partial charge in [0.15, 0.2) is 0 Å². The van der Waals surface area contributed by atoms with Gasteiger partial charge in [-0.2, -0.15) is 0 Å². The van der Waals surface area contributed by atoms with E-state index in [0.717, 1.165) is 20.5 Å². The summed E-state index contributed by atoms with van der Waals surface area (Å²) < 4.78 is 1.01. The summed E-state index contributed by atoms with van der Waals surface area (Å²) in [4.78, 5) is 29.4. The molecule has 9 heteroatoms. The fraction of sp³-hybridized carbons (Fsp3) is 0.118. The van der Waals surface area contributed by atoms with Gasteiger partial charge in [-0.3, -0.25) is 20.4 Å². The van der Waals surface area contributed by atoms with Crippen LogP contribution in [-0.4, -0.2) is 23.1 Å². The van der Waals surface area contributed by atoms with Gasteiger partial charge < -0.3 is 0 Å². The van der Waals surface area contributed by atoms with Crippen LogP contribution >= 0.6 is 46.0 Å². The summed E-state index contributed by atoms with van der Waals surface area (Å²) in [6, 6.07) is 8.21. The predicted octanol–water partition coefficient (Wildman–Crippen LogP) is 4.63. The van der Waals surface area contributed by atoms with Crippen molar-refractivity contribution >= 4 is 57.9 Å². The summed E-state index contributed by atoms with van der Waals surface area (Å²) >= 11 is 10.3. The van der Waals surface area contributed by atoms with Crippen molar-refractivity contribution in [1.82, 2.24) is 15.8 Å². The number of amides is 2. The van der Waals surface area contributed by atoms with Crippen molar-refractivity contribution in [3.8, 4) is 10.6 Å². The maximum Gasteiger partial charge on any atom is 0.279 e. The highest BCUT2D eigenvalue weighted by Crippen LogP contribution is 2.38. The smallest absolute Gasteiger partial charge is 0.267 e. The number of nitrogens with one attached hydrogen (secondary N) is 2. The molecule has 0 aliphatic rings. The molecule has 3 rings (SSSR count). The summed E-state index contributed by atoms with van der Waals surface area (Å²) in [6.07, 6.45) is 1.96. The standard InChI is InChI=1S/C17H14ClN3O2S3/c1-9-8-25-16(19-9)12-7-13(26-17(12)24-2)15(23)21-20-14(22)10-3-5-11(18)6-4-10/h3-8H,1-2H3,(H,20,22)(H,21,23). The lowest BCUT2D eigenvalue weighted by atomic mass is 10.2. The zero-order valence-electron chi connectivity index (χ0n) is 13.8. The summed E-state index contributed by atoms with van der Waals surface area (Å²) in [5, 5.41) is 3.40. The fourth-order valence-electron chi connectivity index (χ4n) is 2.11. The highest BCUT2D eigenvalue weighted by Gasteiger charge is 2.18. The Bertz CT molecular complexity index is 951. The Morgan fingerprint density at radius 1 is 1.15 bits per heavy atom. The molecular formula is C17H14ClN3O2S3. The van der Waals surface area contributed by atoms with Gasteiger partial charge in [0.2, 0.25) is 0 Å². The molecule has 0 bridgehead atoms. The van der Waals surface area contributed by atoms with E-state index in [-0.39, 0.29) is 5.91 Å². The topological polar surface area (TPSA) is 71.1 Å². The largest absolute Gasteiger partial charge is 0.279 e. The van der Waals surface area contributed by atoms with Crippen LogP contribution in [0.15, 0.2) is 39.9 Å². The van der Waals surface area contributed by atoms with Crippen LogP contribution < -0.4 is 10.9 Å². The number of rotatable bonds is 4. The van der Waals surface area contributed by atoms with Gasteiger partial charge in [0.05, 0.1) is 9.09 Å². The minimum absolute atomic E-state index is 0.368. The molecule has 26 heavy (non-hydrogen) atoms. The normalized spacial score (nSPS) is 10.6. The first-order valence-corrected chi connectivity index (χ1v) is 10.7. The number of hydrazine groups is 1. The van der Waals surface area contributed by atoms with Gasteiger partial charge in [-0.25, -0.2) is 4.98 Å². The molecule has 0 radical (unpaired) electrons. The molecule has 0 saturated carbocycles. The highest BCUT2D eigenvalue weighted by molar-refractivity contribution is 8.00. The lowest BCUT2D eigenvalue weighted by Crippen LogP contribution is -2.41. The summed E-state index contributed by atoms with van der Waals surface area (Å²) in [7, 11) is 0. The Balaban J connectivity index is 1.71. The second-order valence-electron chi connectivity index (χ2n) is 5.23. The molecule has 0 fully saturated rings. The summed E-state index contributed by atoms with van der Waals surface area (Å²) in [5.41, 5.74) is 7.15. The number of thiazole rings is 1. The molecule has 2 heterocycles. The number of aryl methyl sites for hydroxylation is 1. The number of thiophene rings is 1. The molecule has 0 unspecified atom stereocenters. The number of aromatic nitrogens is 1. The minimum atomic E-state index is -0.410. The summed E-state index contributed by atoms with van der Waals surface area (Å²) in [5.74, 6) is -0.778. The molecule has 3 aromatic rings. The fourth-order valence-corrected chi connectivity index (χ4v) is 4.95. The zero-order chi connectivity index (χ0) is 18.7. The van der Waals surface area contributed by atoms with E-state index in [0.29, 0.717) is 15.5 Å². The first-order chi connectivity index (χ1) is 12.5. The van der Waals surface area contributed by atoms with Crippen LogP contribution in [-0.2, 0) is 0 Å². The first-order valence-electron chi connectivity index (χ1n) is 7.44. The lowest BCUT2D eigenvalue weighted by molar-refractivity contribution is 0.0849. The number of benzene rings is 1. The van der Waals surface area contributed by atoms with E-state index in [2.05, 4.69) is 15.8 Å². The number of thioether (sulfide) groups is 1. The van der Waals surface area contributed by atoms with Crippen LogP contribution in [0, 0.1) is 6.92 Å². The third kappa shape index (κ3) is 4.27.